The molecule has 0 spiro atoms. The number of piperidine rings is 1. The molecule has 4 nitrogen and oxygen atoms in total. The monoisotopic (exact) mass is 157 g/mol. The van der Waals surface area contributed by atoms with Gasteiger partial charge in [0.15, 0.2) is 0 Å². The van der Waals surface area contributed by atoms with Gasteiger partial charge in [-0.2, -0.15) is 0 Å². The van der Waals surface area contributed by atoms with E-state index in [1.807, 2.05) is 11.9 Å². The molecule has 4 heteroatoms. The number of amides is 1. The quantitative estimate of drug-likeness (QED) is 0.507. The molecule has 1 fully saturated rings. The van der Waals surface area contributed by atoms with Crippen LogP contribution in [0.1, 0.15) is 12.8 Å². The molecule has 2 atom stereocenters. The number of carbonyl (C=O) groups excluding carboxylic acids is 1. The molecule has 1 amide bonds. The van der Waals surface area contributed by atoms with Crippen molar-refractivity contribution in [3.05, 3.63) is 0 Å². The first-order valence-corrected chi connectivity index (χ1v) is 3.86. The summed E-state index contributed by atoms with van der Waals surface area (Å²) in [5.41, 5.74) is 10.9. The van der Waals surface area contributed by atoms with Crippen molar-refractivity contribution in [2.24, 2.45) is 11.5 Å². The van der Waals surface area contributed by atoms with E-state index in [0.717, 1.165) is 13.0 Å². The highest BCUT2D eigenvalue weighted by atomic mass is 16.1. The Hall–Kier alpha value is -0.610. The Bertz CT molecular complexity index is 160. The van der Waals surface area contributed by atoms with Crippen LogP contribution in [0, 0.1) is 0 Å². The lowest BCUT2D eigenvalue weighted by molar-refractivity contribution is -0.123. The zero-order valence-corrected chi connectivity index (χ0v) is 6.79. The maximum absolute atomic E-state index is 10.8. The minimum absolute atomic E-state index is 0.142. The molecule has 2 unspecified atom stereocenters. The van der Waals surface area contributed by atoms with E-state index in [1.54, 1.807) is 0 Å². The van der Waals surface area contributed by atoms with Crippen LogP contribution in [0.5, 0.6) is 0 Å². The van der Waals surface area contributed by atoms with Gasteiger partial charge in [0, 0.05) is 12.6 Å². The van der Waals surface area contributed by atoms with Gasteiger partial charge in [0.1, 0.15) is 0 Å². The Labute approximate surface area is 66.5 Å². The van der Waals surface area contributed by atoms with E-state index in [9.17, 15) is 4.79 Å². The number of hydrogen-bond acceptors (Lipinski definition) is 3. The first-order chi connectivity index (χ1) is 5.11. The first kappa shape index (κ1) is 8.49. The van der Waals surface area contributed by atoms with E-state index in [1.165, 1.54) is 0 Å². The molecule has 0 bridgehead atoms. The van der Waals surface area contributed by atoms with Crippen LogP contribution < -0.4 is 11.5 Å². The number of carbonyl (C=O) groups is 1. The summed E-state index contributed by atoms with van der Waals surface area (Å²) in [5.74, 6) is -0.261. The highest BCUT2D eigenvalue weighted by Crippen LogP contribution is 2.13. The summed E-state index contributed by atoms with van der Waals surface area (Å²) in [5, 5.41) is 0. The summed E-state index contributed by atoms with van der Waals surface area (Å²) < 4.78 is 0. The van der Waals surface area contributed by atoms with E-state index in [0.29, 0.717) is 6.42 Å². The highest BCUT2D eigenvalue weighted by molar-refractivity contribution is 5.80. The number of likely N-dealkylation sites (N-methyl/N-ethyl adjacent to an activating group) is 1. The van der Waals surface area contributed by atoms with Gasteiger partial charge < -0.3 is 11.5 Å². The van der Waals surface area contributed by atoms with Crippen molar-refractivity contribution < 1.29 is 4.79 Å². The van der Waals surface area contributed by atoms with E-state index in [2.05, 4.69) is 0 Å². The SMILES string of the molecule is CN1CCC(N)CC1C(N)=O. The summed E-state index contributed by atoms with van der Waals surface area (Å²) in [4.78, 5) is 12.8. The second kappa shape index (κ2) is 3.19. The summed E-state index contributed by atoms with van der Waals surface area (Å²) in [6, 6.07) is -0.0116. The summed E-state index contributed by atoms with van der Waals surface area (Å²) >= 11 is 0. The number of hydrogen-bond donors (Lipinski definition) is 2. The highest BCUT2D eigenvalue weighted by Gasteiger charge is 2.27. The van der Waals surface area contributed by atoms with Crippen molar-refractivity contribution in [2.75, 3.05) is 13.6 Å². The third-order valence-electron chi connectivity index (χ3n) is 2.24. The van der Waals surface area contributed by atoms with Gasteiger partial charge in [0.05, 0.1) is 6.04 Å². The average Bonchev–Trinajstić information content (AvgIpc) is 1.94. The van der Waals surface area contributed by atoms with Crippen LogP contribution in [0.4, 0.5) is 0 Å². The van der Waals surface area contributed by atoms with Crippen molar-refractivity contribution in [2.45, 2.75) is 24.9 Å². The number of rotatable bonds is 1. The second-order valence-electron chi connectivity index (χ2n) is 3.18. The molecule has 64 valence electrons. The third kappa shape index (κ3) is 1.91. The lowest BCUT2D eigenvalue weighted by Crippen LogP contribution is -2.51. The first-order valence-electron chi connectivity index (χ1n) is 3.86. The Balaban J connectivity index is 2.54. The van der Waals surface area contributed by atoms with Gasteiger partial charge in [0.2, 0.25) is 5.91 Å². The number of likely N-dealkylation sites (tertiary alicyclic amines) is 1. The van der Waals surface area contributed by atoms with Crippen LogP contribution in [-0.4, -0.2) is 36.5 Å². The number of nitrogens with two attached hydrogens (primary N) is 2. The van der Waals surface area contributed by atoms with Gasteiger partial charge >= 0.3 is 0 Å². The molecule has 0 aromatic rings. The van der Waals surface area contributed by atoms with E-state index < -0.39 is 0 Å². The van der Waals surface area contributed by atoms with Crippen molar-refractivity contribution in [3.8, 4) is 0 Å². The number of primary amides is 1. The van der Waals surface area contributed by atoms with Crippen LogP contribution in [0.2, 0.25) is 0 Å². The molecule has 1 saturated heterocycles. The molecule has 0 aliphatic carbocycles. The predicted molar refractivity (Wildman–Crippen MR) is 42.8 cm³/mol. The lowest BCUT2D eigenvalue weighted by atomic mass is 9.98. The largest absolute Gasteiger partial charge is 0.368 e. The third-order valence-corrected chi connectivity index (χ3v) is 2.24. The van der Waals surface area contributed by atoms with Gasteiger partial charge in [-0.15, -0.1) is 0 Å². The van der Waals surface area contributed by atoms with Gasteiger partial charge in [0.25, 0.3) is 0 Å². The summed E-state index contributed by atoms with van der Waals surface area (Å²) in [6.45, 7) is 0.870. The van der Waals surface area contributed by atoms with Crippen molar-refractivity contribution >= 4 is 5.91 Å². The van der Waals surface area contributed by atoms with E-state index in [-0.39, 0.29) is 18.0 Å². The average molecular weight is 157 g/mol. The standard InChI is InChI=1S/C7H15N3O/c1-10-3-2-5(8)4-6(10)7(9)11/h5-6H,2-4,8H2,1H3,(H2,9,11). The van der Waals surface area contributed by atoms with Crippen LogP contribution in [0.25, 0.3) is 0 Å². The summed E-state index contributed by atoms with van der Waals surface area (Å²) in [6.07, 6.45) is 1.66. The molecule has 1 aliphatic rings. The molecular formula is C7H15N3O. The normalized spacial score (nSPS) is 33.6. The molecule has 0 aromatic carbocycles. The minimum atomic E-state index is -0.261. The molecule has 4 N–H and O–H groups in total. The molecule has 0 aromatic heterocycles. The molecular weight excluding hydrogens is 142 g/mol. The molecule has 1 heterocycles. The second-order valence-corrected chi connectivity index (χ2v) is 3.18. The van der Waals surface area contributed by atoms with Crippen LogP contribution in [0.15, 0.2) is 0 Å². The fourth-order valence-electron chi connectivity index (χ4n) is 1.44. The van der Waals surface area contributed by atoms with Crippen molar-refractivity contribution in [3.63, 3.8) is 0 Å². The molecule has 1 aliphatic heterocycles. The maximum Gasteiger partial charge on any atom is 0.234 e. The van der Waals surface area contributed by atoms with Gasteiger partial charge in [-0.05, 0) is 19.9 Å². The fraction of sp³-hybridized carbons (Fsp3) is 0.857. The zero-order valence-electron chi connectivity index (χ0n) is 6.79. The fourth-order valence-corrected chi connectivity index (χ4v) is 1.44. The Morgan fingerprint density at radius 3 is 2.73 bits per heavy atom. The van der Waals surface area contributed by atoms with E-state index >= 15 is 0 Å². The molecule has 1 rings (SSSR count). The van der Waals surface area contributed by atoms with Crippen LogP contribution in [0.3, 0.4) is 0 Å². The minimum Gasteiger partial charge on any atom is -0.368 e. The molecule has 0 saturated carbocycles. The molecule has 11 heavy (non-hydrogen) atoms. The lowest BCUT2D eigenvalue weighted by Gasteiger charge is -2.33. The van der Waals surface area contributed by atoms with E-state index in [4.69, 9.17) is 11.5 Å². The topological polar surface area (TPSA) is 72.3 Å². The van der Waals surface area contributed by atoms with Gasteiger partial charge in [-0.25, -0.2) is 0 Å². The van der Waals surface area contributed by atoms with Crippen LogP contribution >= 0.6 is 0 Å². The number of nitrogens with zero attached hydrogens (tertiary/aromatic N) is 1. The summed E-state index contributed by atoms with van der Waals surface area (Å²) in [7, 11) is 1.90. The maximum atomic E-state index is 10.8. The smallest absolute Gasteiger partial charge is 0.234 e. The predicted octanol–water partition coefficient (Wildman–Crippen LogP) is -1.11. The van der Waals surface area contributed by atoms with Crippen molar-refractivity contribution in [1.82, 2.24) is 4.90 Å². The Morgan fingerprint density at radius 1 is 1.64 bits per heavy atom. The van der Waals surface area contributed by atoms with Gasteiger partial charge in [-0.3, -0.25) is 9.69 Å². The van der Waals surface area contributed by atoms with Gasteiger partial charge in [-0.1, -0.05) is 0 Å². The van der Waals surface area contributed by atoms with Crippen molar-refractivity contribution in [1.29, 1.82) is 0 Å². The Kier molecular flexibility index (Phi) is 2.46. The van der Waals surface area contributed by atoms with Crippen LogP contribution in [-0.2, 0) is 4.79 Å². The Morgan fingerprint density at radius 2 is 2.27 bits per heavy atom. The zero-order chi connectivity index (χ0) is 8.43. The molecule has 0 radical (unpaired) electrons.